The zero-order chi connectivity index (χ0) is 15.9. The van der Waals surface area contributed by atoms with Gasteiger partial charge in [-0.2, -0.15) is 11.8 Å². The number of hydrogen-bond donors (Lipinski definition) is 2. The Kier molecular flexibility index (Phi) is 6.73. The van der Waals surface area contributed by atoms with Gasteiger partial charge in [-0.1, -0.05) is 6.08 Å². The fraction of sp³-hybridized carbons (Fsp3) is 0.308. The van der Waals surface area contributed by atoms with Gasteiger partial charge >= 0.3 is 5.97 Å². The van der Waals surface area contributed by atoms with Crippen LogP contribution in [0, 0.1) is 0 Å². The molecular weight excluding hydrogens is 314 g/mol. The van der Waals surface area contributed by atoms with Crippen LogP contribution in [0.5, 0.6) is 5.75 Å². The van der Waals surface area contributed by atoms with Gasteiger partial charge in [-0.3, -0.25) is 0 Å². The Morgan fingerprint density at radius 1 is 1.52 bits per heavy atom. The van der Waals surface area contributed by atoms with Crippen molar-refractivity contribution in [3.63, 3.8) is 0 Å². The summed E-state index contributed by atoms with van der Waals surface area (Å²) in [4.78, 5) is 10.8. The Labute approximate surface area is 128 Å². The van der Waals surface area contributed by atoms with Crippen molar-refractivity contribution in [1.82, 2.24) is 4.72 Å². The van der Waals surface area contributed by atoms with Gasteiger partial charge in [0.1, 0.15) is 10.6 Å². The van der Waals surface area contributed by atoms with Crippen molar-refractivity contribution < 1.29 is 23.1 Å². The van der Waals surface area contributed by atoms with E-state index in [-0.39, 0.29) is 22.8 Å². The van der Waals surface area contributed by atoms with E-state index in [2.05, 4.69) is 11.3 Å². The third-order valence-corrected chi connectivity index (χ3v) is 4.94. The third-order valence-electron chi connectivity index (χ3n) is 2.47. The molecule has 0 heterocycles. The number of thioether (sulfide) groups is 1. The number of nitrogens with one attached hydrogen (secondary N) is 1. The third kappa shape index (κ3) is 5.07. The molecule has 0 atom stereocenters. The number of ether oxygens (including phenoxy) is 1. The molecule has 0 aliphatic rings. The van der Waals surface area contributed by atoms with Gasteiger partial charge in [0.05, 0.1) is 12.7 Å². The predicted octanol–water partition coefficient (Wildman–Crippen LogP) is 1.59. The summed E-state index contributed by atoms with van der Waals surface area (Å²) in [6.45, 7) is 3.84. The number of carbonyl (C=O) groups is 1. The van der Waals surface area contributed by atoms with E-state index in [1.807, 2.05) is 0 Å². The Morgan fingerprint density at radius 3 is 2.81 bits per heavy atom. The van der Waals surface area contributed by atoms with E-state index >= 15 is 0 Å². The highest BCUT2D eigenvalue weighted by atomic mass is 32.2. The summed E-state index contributed by atoms with van der Waals surface area (Å²) in [5.41, 5.74) is -0.0349. The highest BCUT2D eigenvalue weighted by Crippen LogP contribution is 2.24. The van der Waals surface area contributed by atoms with Crippen molar-refractivity contribution >= 4 is 27.8 Å². The van der Waals surface area contributed by atoms with Gasteiger partial charge in [0.2, 0.25) is 10.0 Å². The van der Waals surface area contributed by atoms with Gasteiger partial charge < -0.3 is 9.84 Å². The smallest absolute Gasteiger partial charge is 0.335 e. The van der Waals surface area contributed by atoms with Crippen molar-refractivity contribution in [2.24, 2.45) is 0 Å². The van der Waals surface area contributed by atoms with Crippen molar-refractivity contribution in [2.45, 2.75) is 4.90 Å². The molecule has 116 valence electrons. The maximum Gasteiger partial charge on any atom is 0.335 e. The fourth-order valence-electron chi connectivity index (χ4n) is 1.52. The Hall–Kier alpha value is -1.51. The molecule has 0 aliphatic heterocycles. The summed E-state index contributed by atoms with van der Waals surface area (Å²) >= 11 is 1.55. The highest BCUT2D eigenvalue weighted by molar-refractivity contribution is 7.99. The van der Waals surface area contributed by atoms with Crippen LogP contribution in [0.2, 0.25) is 0 Å². The number of sulfonamides is 1. The van der Waals surface area contributed by atoms with E-state index < -0.39 is 16.0 Å². The molecule has 6 nitrogen and oxygen atoms in total. The molecule has 0 spiro atoms. The Bertz CT molecular complexity index is 613. The Balaban J connectivity index is 2.87. The molecule has 0 bridgehead atoms. The van der Waals surface area contributed by atoms with Gasteiger partial charge in [-0.15, -0.1) is 6.58 Å². The van der Waals surface area contributed by atoms with Crippen LogP contribution in [-0.2, 0) is 10.0 Å². The SMILES string of the molecule is C=CCSCCNS(=O)(=O)c1ccc(C(=O)O)cc1OC. The first-order valence-corrected chi connectivity index (χ1v) is 8.65. The van der Waals surface area contributed by atoms with Crippen molar-refractivity contribution in [3.05, 3.63) is 36.4 Å². The van der Waals surface area contributed by atoms with E-state index in [0.717, 1.165) is 5.75 Å². The lowest BCUT2D eigenvalue weighted by atomic mass is 10.2. The first-order valence-electron chi connectivity index (χ1n) is 6.02. The molecule has 0 aromatic heterocycles. The molecule has 0 saturated carbocycles. The number of carboxylic acid groups (broad SMARTS) is 1. The first-order chi connectivity index (χ1) is 9.92. The molecule has 0 unspecified atom stereocenters. The number of aromatic carboxylic acids is 1. The van der Waals surface area contributed by atoms with Crippen LogP contribution in [0.1, 0.15) is 10.4 Å². The van der Waals surface area contributed by atoms with Crippen molar-refractivity contribution in [2.75, 3.05) is 25.2 Å². The van der Waals surface area contributed by atoms with Crippen molar-refractivity contribution in [1.29, 1.82) is 0 Å². The second kappa shape index (κ2) is 8.06. The summed E-state index contributed by atoms with van der Waals surface area (Å²) in [6.07, 6.45) is 1.74. The average Bonchev–Trinajstić information content (AvgIpc) is 2.46. The van der Waals surface area contributed by atoms with Gasteiger partial charge in [0.25, 0.3) is 0 Å². The zero-order valence-corrected chi connectivity index (χ0v) is 13.2. The maximum absolute atomic E-state index is 12.2. The van der Waals surface area contributed by atoms with Crippen LogP contribution in [0.15, 0.2) is 35.7 Å². The molecule has 8 heteroatoms. The zero-order valence-electron chi connectivity index (χ0n) is 11.5. The highest BCUT2D eigenvalue weighted by Gasteiger charge is 2.20. The van der Waals surface area contributed by atoms with E-state index in [1.165, 1.54) is 25.3 Å². The van der Waals surface area contributed by atoms with E-state index in [9.17, 15) is 13.2 Å². The minimum absolute atomic E-state index is 0.00106. The van der Waals surface area contributed by atoms with Crippen LogP contribution < -0.4 is 9.46 Å². The number of carboxylic acids is 1. The normalized spacial score (nSPS) is 11.1. The molecule has 1 aromatic rings. The number of rotatable bonds is 9. The predicted molar refractivity (Wildman–Crippen MR) is 82.7 cm³/mol. The second-order valence-electron chi connectivity index (χ2n) is 3.93. The maximum atomic E-state index is 12.2. The van der Waals surface area contributed by atoms with Gasteiger partial charge in [-0.25, -0.2) is 17.9 Å². The fourth-order valence-corrected chi connectivity index (χ4v) is 3.40. The largest absolute Gasteiger partial charge is 0.495 e. The molecule has 21 heavy (non-hydrogen) atoms. The van der Waals surface area contributed by atoms with Gasteiger partial charge in [-0.05, 0) is 18.2 Å². The van der Waals surface area contributed by atoms with Crippen LogP contribution >= 0.6 is 11.8 Å². The van der Waals surface area contributed by atoms with Crippen LogP contribution in [-0.4, -0.2) is 44.7 Å². The number of hydrogen-bond acceptors (Lipinski definition) is 5. The molecule has 0 aliphatic carbocycles. The quantitative estimate of drug-likeness (QED) is 0.527. The minimum atomic E-state index is -3.74. The van der Waals surface area contributed by atoms with Crippen LogP contribution in [0.25, 0.3) is 0 Å². The lowest BCUT2D eigenvalue weighted by molar-refractivity contribution is 0.0696. The molecule has 1 aromatic carbocycles. The summed E-state index contributed by atoms with van der Waals surface area (Å²) in [5, 5.41) is 8.89. The summed E-state index contributed by atoms with van der Waals surface area (Å²) < 4.78 is 31.7. The standard InChI is InChI=1S/C13H17NO5S2/c1-3-7-20-8-6-14-21(17,18)12-5-4-10(13(15)16)9-11(12)19-2/h3-5,9,14H,1,6-8H2,2H3,(H,15,16). The summed E-state index contributed by atoms with van der Waals surface area (Å²) in [6, 6.07) is 3.64. The summed E-state index contributed by atoms with van der Waals surface area (Å²) in [7, 11) is -2.45. The van der Waals surface area contributed by atoms with Crippen LogP contribution in [0.3, 0.4) is 0 Å². The summed E-state index contributed by atoms with van der Waals surface area (Å²) in [5.74, 6) is 0.214. The molecule has 0 fully saturated rings. The molecule has 2 N–H and O–H groups in total. The molecule has 0 amide bonds. The van der Waals surface area contributed by atoms with Gasteiger partial charge in [0, 0.05) is 18.1 Å². The number of methoxy groups -OCH3 is 1. The van der Waals surface area contributed by atoms with E-state index in [4.69, 9.17) is 9.84 Å². The van der Waals surface area contributed by atoms with Crippen LogP contribution in [0.4, 0.5) is 0 Å². The molecular formula is C13H17NO5S2. The lowest BCUT2D eigenvalue weighted by Crippen LogP contribution is -2.26. The topological polar surface area (TPSA) is 92.7 Å². The second-order valence-corrected chi connectivity index (χ2v) is 6.82. The first kappa shape index (κ1) is 17.5. The van der Waals surface area contributed by atoms with Crippen molar-refractivity contribution in [3.8, 4) is 5.75 Å². The Morgan fingerprint density at radius 2 is 2.24 bits per heavy atom. The lowest BCUT2D eigenvalue weighted by Gasteiger charge is -2.11. The van der Waals surface area contributed by atoms with E-state index in [1.54, 1.807) is 17.8 Å². The van der Waals surface area contributed by atoms with Gasteiger partial charge in [0.15, 0.2) is 0 Å². The minimum Gasteiger partial charge on any atom is -0.495 e. The molecule has 0 saturated heterocycles. The molecule has 1 rings (SSSR count). The monoisotopic (exact) mass is 331 g/mol. The average molecular weight is 331 g/mol. The number of benzene rings is 1. The van der Waals surface area contributed by atoms with E-state index in [0.29, 0.717) is 5.75 Å². The molecule has 0 radical (unpaired) electrons.